The van der Waals surface area contributed by atoms with E-state index < -0.39 is 0 Å². The highest BCUT2D eigenvalue weighted by molar-refractivity contribution is 6.33. The van der Waals surface area contributed by atoms with Crippen LogP contribution < -0.4 is 20.7 Å². The minimum absolute atomic E-state index is 0.114. The van der Waals surface area contributed by atoms with Crippen molar-refractivity contribution >= 4 is 29.2 Å². The molecule has 2 aromatic rings. The van der Waals surface area contributed by atoms with E-state index in [1.807, 2.05) is 43.3 Å². The molecule has 7 heteroatoms. The van der Waals surface area contributed by atoms with Crippen LogP contribution in [0.1, 0.15) is 17.5 Å². The van der Waals surface area contributed by atoms with E-state index in [2.05, 4.69) is 20.9 Å². The van der Waals surface area contributed by atoms with E-state index in [-0.39, 0.29) is 5.91 Å². The Morgan fingerprint density at radius 2 is 2.00 bits per heavy atom. The van der Waals surface area contributed by atoms with Gasteiger partial charge in [0.1, 0.15) is 5.75 Å². The monoisotopic (exact) mass is 388 g/mol. The van der Waals surface area contributed by atoms with Crippen LogP contribution in [0.15, 0.2) is 47.5 Å². The molecule has 0 radical (unpaired) electrons. The van der Waals surface area contributed by atoms with Gasteiger partial charge in [-0.15, -0.1) is 0 Å². The third-order valence-electron chi connectivity index (χ3n) is 3.86. The number of methoxy groups -OCH3 is 1. The second kappa shape index (κ2) is 10.4. The molecular formula is C20H25ClN4O2. The minimum Gasteiger partial charge on any atom is -0.497 e. The first kappa shape index (κ1) is 20.6. The molecular weight excluding hydrogens is 364 g/mol. The van der Waals surface area contributed by atoms with Gasteiger partial charge in [-0.25, -0.2) is 0 Å². The van der Waals surface area contributed by atoms with Crippen molar-refractivity contribution in [2.24, 2.45) is 4.99 Å². The number of nitrogens with zero attached hydrogens (tertiary/aromatic N) is 1. The maximum absolute atomic E-state index is 12.1. The van der Waals surface area contributed by atoms with Crippen molar-refractivity contribution in [3.05, 3.63) is 58.6 Å². The summed E-state index contributed by atoms with van der Waals surface area (Å²) in [6.45, 7) is 3.00. The Kier molecular flexibility index (Phi) is 7.95. The van der Waals surface area contributed by atoms with Gasteiger partial charge in [-0.1, -0.05) is 29.8 Å². The molecule has 0 fully saturated rings. The predicted octanol–water partition coefficient (Wildman–Crippen LogP) is 3.35. The quantitative estimate of drug-likeness (QED) is 0.502. The number of aliphatic imine (C=N–C) groups is 1. The summed E-state index contributed by atoms with van der Waals surface area (Å²) in [4.78, 5) is 16.2. The zero-order valence-electron chi connectivity index (χ0n) is 15.8. The van der Waals surface area contributed by atoms with Gasteiger partial charge in [-0.2, -0.15) is 0 Å². The van der Waals surface area contributed by atoms with Crippen molar-refractivity contribution in [3.63, 3.8) is 0 Å². The van der Waals surface area contributed by atoms with Gasteiger partial charge in [0.15, 0.2) is 5.96 Å². The van der Waals surface area contributed by atoms with Gasteiger partial charge in [0.2, 0.25) is 5.91 Å². The van der Waals surface area contributed by atoms with Crippen LogP contribution >= 0.6 is 11.6 Å². The van der Waals surface area contributed by atoms with Crippen LogP contribution in [0.4, 0.5) is 5.69 Å². The fraction of sp³-hybridized carbons (Fsp3) is 0.300. The lowest BCUT2D eigenvalue weighted by Gasteiger charge is -2.13. The van der Waals surface area contributed by atoms with Gasteiger partial charge >= 0.3 is 0 Å². The molecule has 1 amide bonds. The Morgan fingerprint density at radius 3 is 2.70 bits per heavy atom. The van der Waals surface area contributed by atoms with Crippen LogP contribution in [-0.2, 0) is 11.3 Å². The molecule has 144 valence electrons. The second-order valence-corrected chi connectivity index (χ2v) is 6.39. The maximum Gasteiger partial charge on any atom is 0.226 e. The van der Waals surface area contributed by atoms with Gasteiger partial charge in [0.25, 0.3) is 0 Å². The molecule has 0 aromatic heterocycles. The number of aryl methyl sites for hydroxylation is 1. The molecule has 0 unspecified atom stereocenters. The van der Waals surface area contributed by atoms with Gasteiger partial charge in [0, 0.05) is 26.6 Å². The van der Waals surface area contributed by atoms with E-state index in [1.54, 1.807) is 20.2 Å². The summed E-state index contributed by atoms with van der Waals surface area (Å²) in [5, 5.41) is 9.68. The lowest BCUT2D eigenvalue weighted by molar-refractivity contribution is -0.116. The van der Waals surface area contributed by atoms with Crippen molar-refractivity contribution < 1.29 is 9.53 Å². The standard InChI is InChI=1S/C20H25ClN4O2/c1-14-7-8-18(17(21)11-14)25-19(26)9-10-23-20(22-2)24-13-15-5-4-6-16(12-15)27-3/h4-8,11-12H,9-10,13H2,1-3H3,(H,25,26)(H2,22,23,24). The molecule has 27 heavy (non-hydrogen) atoms. The molecule has 0 atom stereocenters. The second-order valence-electron chi connectivity index (χ2n) is 5.99. The first-order valence-corrected chi connectivity index (χ1v) is 9.03. The third kappa shape index (κ3) is 6.83. The number of ether oxygens (including phenoxy) is 1. The molecule has 2 aromatic carbocycles. The number of guanidine groups is 1. The Morgan fingerprint density at radius 1 is 1.19 bits per heavy atom. The van der Waals surface area contributed by atoms with Gasteiger partial charge in [-0.05, 0) is 42.3 Å². The molecule has 0 saturated carbocycles. The molecule has 0 aliphatic rings. The van der Waals surface area contributed by atoms with Gasteiger partial charge in [0.05, 0.1) is 17.8 Å². The Balaban J connectivity index is 1.76. The Bertz CT molecular complexity index is 808. The number of hydrogen-bond donors (Lipinski definition) is 3. The highest BCUT2D eigenvalue weighted by Crippen LogP contribution is 2.22. The average molecular weight is 389 g/mol. The van der Waals surface area contributed by atoms with Crippen molar-refractivity contribution in [2.45, 2.75) is 19.9 Å². The normalized spacial score (nSPS) is 11.0. The summed E-state index contributed by atoms with van der Waals surface area (Å²) in [6, 6.07) is 13.3. The maximum atomic E-state index is 12.1. The number of nitrogens with one attached hydrogen (secondary N) is 3. The van der Waals surface area contributed by atoms with Crippen LogP contribution in [0.25, 0.3) is 0 Å². The van der Waals surface area contributed by atoms with E-state index in [9.17, 15) is 4.79 Å². The number of carbonyl (C=O) groups excluding carboxylic acids is 1. The summed E-state index contributed by atoms with van der Waals surface area (Å²) in [7, 11) is 3.33. The number of hydrogen-bond acceptors (Lipinski definition) is 3. The average Bonchev–Trinajstić information content (AvgIpc) is 2.67. The Labute approximate surface area is 165 Å². The molecule has 0 spiro atoms. The molecule has 0 aliphatic heterocycles. The molecule has 0 heterocycles. The smallest absolute Gasteiger partial charge is 0.226 e. The third-order valence-corrected chi connectivity index (χ3v) is 4.17. The zero-order chi connectivity index (χ0) is 19.6. The molecule has 2 rings (SSSR count). The topological polar surface area (TPSA) is 74.8 Å². The van der Waals surface area contributed by atoms with Crippen LogP contribution in [0.2, 0.25) is 5.02 Å². The van der Waals surface area contributed by atoms with E-state index in [0.717, 1.165) is 16.9 Å². The Hall–Kier alpha value is -2.73. The predicted molar refractivity (Wildman–Crippen MR) is 111 cm³/mol. The number of benzene rings is 2. The first-order valence-electron chi connectivity index (χ1n) is 8.65. The van der Waals surface area contributed by atoms with Crippen LogP contribution in [0, 0.1) is 6.92 Å². The van der Waals surface area contributed by atoms with Gasteiger partial charge in [-0.3, -0.25) is 9.79 Å². The molecule has 0 bridgehead atoms. The molecule has 0 saturated heterocycles. The van der Waals surface area contributed by atoms with E-state index in [4.69, 9.17) is 16.3 Å². The number of rotatable bonds is 7. The molecule has 3 N–H and O–H groups in total. The van der Waals surface area contributed by atoms with Crippen LogP contribution in [0.3, 0.4) is 0 Å². The number of anilines is 1. The van der Waals surface area contributed by atoms with Gasteiger partial charge < -0.3 is 20.7 Å². The lowest BCUT2D eigenvalue weighted by atomic mass is 10.2. The summed E-state index contributed by atoms with van der Waals surface area (Å²) in [6.07, 6.45) is 0.296. The number of carbonyl (C=O) groups is 1. The van der Waals surface area contributed by atoms with Crippen LogP contribution in [0.5, 0.6) is 5.75 Å². The van der Waals surface area contributed by atoms with E-state index >= 15 is 0 Å². The van der Waals surface area contributed by atoms with Crippen molar-refractivity contribution in [1.29, 1.82) is 0 Å². The first-order chi connectivity index (χ1) is 13.0. The summed E-state index contributed by atoms with van der Waals surface area (Å²) >= 11 is 6.13. The number of halogens is 1. The zero-order valence-corrected chi connectivity index (χ0v) is 16.6. The fourth-order valence-corrected chi connectivity index (χ4v) is 2.70. The molecule has 0 aliphatic carbocycles. The molecule has 6 nitrogen and oxygen atoms in total. The van der Waals surface area contributed by atoms with E-state index in [1.165, 1.54) is 0 Å². The minimum atomic E-state index is -0.114. The summed E-state index contributed by atoms with van der Waals surface area (Å²) in [5.74, 6) is 1.32. The SMILES string of the molecule is CN=C(NCCC(=O)Nc1ccc(C)cc1Cl)NCc1cccc(OC)c1. The highest BCUT2D eigenvalue weighted by atomic mass is 35.5. The lowest BCUT2D eigenvalue weighted by Crippen LogP contribution is -2.38. The highest BCUT2D eigenvalue weighted by Gasteiger charge is 2.07. The number of amides is 1. The van der Waals surface area contributed by atoms with Crippen molar-refractivity contribution in [2.75, 3.05) is 26.0 Å². The largest absolute Gasteiger partial charge is 0.497 e. The fourth-order valence-electron chi connectivity index (χ4n) is 2.42. The summed E-state index contributed by atoms with van der Waals surface area (Å²) in [5.41, 5.74) is 2.74. The van der Waals surface area contributed by atoms with E-state index in [0.29, 0.717) is 36.2 Å². The van der Waals surface area contributed by atoms with Crippen molar-refractivity contribution in [3.8, 4) is 5.75 Å². The van der Waals surface area contributed by atoms with Crippen molar-refractivity contribution in [1.82, 2.24) is 10.6 Å². The summed E-state index contributed by atoms with van der Waals surface area (Å²) < 4.78 is 5.22. The van der Waals surface area contributed by atoms with Crippen LogP contribution in [-0.4, -0.2) is 32.6 Å².